The van der Waals surface area contributed by atoms with Gasteiger partial charge in [0.05, 0.1) is 12.8 Å². The van der Waals surface area contributed by atoms with Crippen LogP contribution in [-0.2, 0) is 11.3 Å². The van der Waals surface area contributed by atoms with E-state index in [-0.39, 0.29) is 0 Å². The van der Waals surface area contributed by atoms with Crippen LogP contribution in [0.4, 0.5) is 0 Å². The van der Waals surface area contributed by atoms with Crippen molar-refractivity contribution in [1.82, 2.24) is 10.5 Å². The van der Waals surface area contributed by atoms with Gasteiger partial charge in [0.15, 0.2) is 0 Å². The van der Waals surface area contributed by atoms with Gasteiger partial charge in [-0.05, 0) is 18.8 Å². The molecule has 0 spiro atoms. The molecule has 14 heavy (non-hydrogen) atoms. The van der Waals surface area contributed by atoms with Crippen molar-refractivity contribution < 1.29 is 9.26 Å². The Kier molecular flexibility index (Phi) is 3.54. The molecule has 1 N–H and O–H groups in total. The van der Waals surface area contributed by atoms with Crippen LogP contribution in [0.15, 0.2) is 17.0 Å². The average molecular weight is 196 g/mol. The molecule has 1 atom stereocenters. The average Bonchev–Trinajstić information content (AvgIpc) is 2.72. The summed E-state index contributed by atoms with van der Waals surface area (Å²) in [7, 11) is 0. The first-order valence-electron chi connectivity index (χ1n) is 5.12. The molecule has 0 aliphatic carbocycles. The molecule has 1 aliphatic heterocycles. The van der Waals surface area contributed by atoms with E-state index < -0.39 is 0 Å². The summed E-state index contributed by atoms with van der Waals surface area (Å²) in [5.74, 6) is 0.670. The zero-order valence-electron chi connectivity index (χ0n) is 8.24. The number of ether oxygens (including phenoxy) is 1. The minimum Gasteiger partial charge on any atom is -0.381 e. The van der Waals surface area contributed by atoms with Crippen molar-refractivity contribution >= 4 is 0 Å². The molecule has 1 aromatic rings. The lowest BCUT2D eigenvalue weighted by molar-refractivity contribution is 0.0547. The van der Waals surface area contributed by atoms with E-state index in [1.807, 2.05) is 0 Å². The van der Waals surface area contributed by atoms with Gasteiger partial charge in [0.1, 0.15) is 6.26 Å². The van der Waals surface area contributed by atoms with Crippen LogP contribution in [0.1, 0.15) is 18.4 Å². The molecule has 1 fully saturated rings. The van der Waals surface area contributed by atoms with E-state index in [1.165, 1.54) is 12.8 Å². The van der Waals surface area contributed by atoms with Gasteiger partial charge in [-0.3, -0.25) is 0 Å². The number of nitrogens with zero attached hydrogens (tertiary/aromatic N) is 1. The molecule has 0 bridgehead atoms. The van der Waals surface area contributed by atoms with Crippen molar-refractivity contribution in [2.45, 2.75) is 19.4 Å². The SMILES string of the molecule is c1nocc1CNCC1CCCOC1. The molecule has 4 nitrogen and oxygen atoms in total. The second-order valence-corrected chi connectivity index (χ2v) is 3.75. The molecular formula is C10H16N2O2. The van der Waals surface area contributed by atoms with Gasteiger partial charge < -0.3 is 14.6 Å². The summed E-state index contributed by atoms with van der Waals surface area (Å²) in [4.78, 5) is 0. The Labute approximate surface area is 83.6 Å². The van der Waals surface area contributed by atoms with Crippen LogP contribution in [0.25, 0.3) is 0 Å². The molecule has 2 heterocycles. The molecule has 2 rings (SSSR count). The number of nitrogens with one attached hydrogen (secondary N) is 1. The third-order valence-corrected chi connectivity index (χ3v) is 2.50. The van der Waals surface area contributed by atoms with Gasteiger partial charge in [-0.25, -0.2) is 0 Å². The van der Waals surface area contributed by atoms with Crippen LogP contribution in [0.2, 0.25) is 0 Å². The van der Waals surface area contributed by atoms with Crippen LogP contribution in [0.5, 0.6) is 0 Å². The predicted molar refractivity (Wildman–Crippen MR) is 51.8 cm³/mol. The number of hydrogen-bond donors (Lipinski definition) is 1. The summed E-state index contributed by atoms with van der Waals surface area (Å²) < 4.78 is 10.1. The topological polar surface area (TPSA) is 47.3 Å². The Bertz CT molecular complexity index is 243. The fourth-order valence-electron chi connectivity index (χ4n) is 1.70. The molecule has 0 aromatic carbocycles. The second kappa shape index (κ2) is 5.12. The minimum atomic E-state index is 0.670. The fraction of sp³-hybridized carbons (Fsp3) is 0.700. The summed E-state index contributed by atoms with van der Waals surface area (Å²) in [6.45, 7) is 3.68. The van der Waals surface area contributed by atoms with E-state index in [2.05, 4.69) is 10.5 Å². The van der Waals surface area contributed by atoms with Crippen LogP contribution < -0.4 is 5.32 Å². The van der Waals surface area contributed by atoms with Crippen molar-refractivity contribution in [1.29, 1.82) is 0 Å². The van der Waals surface area contributed by atoms with E-state index in [0.29, 0.717) is 5.92 Å². The normalized spacial score (nSPS) is 22.4. The number of rotatable bonds is 4. The van der Waals surface area contributed by atoms with Crippen LogP contribution in [0, 0.1) is 5.92 Å². The Balaban J connectivity index is 1.62. The zero-order chi connectivity index (χ0) is 9.64. The largest absolute Gasteiger partial charge is 0.381 e. The fourth-order valence-corrected chi connectivity index (χ4v) is 1.70. The maximum absolute atomic E-state index is 5.40. The molecule has 1 aliphatic rings. The second-order valence-electron chi connectivity index (χ2n) is 3.75. The third kappa shape index (κ3) is 2.82. The molecule has 1 aromatic heterocycles. The summed E-state index contributed by atoms with van der Waals surface area (Å²) in [5.41, 5.74) is 1.10. The van der Waals surface area contributed by atoms with Gasteiger partial charge in [-0.15, -0.1) is 0 Å². The van der Waals surface area contributed by atoms with Crippen molar-refractivity contribution in [3.8, 4) is 0 Å². The Morgan fingerprint density at radius 1 is 1.57 bits per heavy atom. The van der Waals surface area contributed by atoms with Crippen molar-refractivity contribution in [3.63, 3.8) is 0 Å². The van der Waals surface area contributed by atoms with E-state index >= 15 is 0 Å². The van der Waals surface area contributed by atoms with Gasteiger partial charge >= 0.3 is 0 Å². The Morgan fingerprint density at radius 3 is 3.29 bits per heavy atom. The lowest BCUT2D eigenvalue weighted by atomic mass is 10.0. The molecule has 0 amide bonds. The molecule has 78 valence electrons. The van der Waals surface area contributed by atoms with Gasteiger partial charge in [-0.1, -0.05) is 5.16 Å². The highest BCUT2D eigenvalue weighted by molar-refractivity contribution is 4.99. The first kappa shape index (κ1) is 9.68. The van der Waals surface area contributed by atoms with Gasteiger partial charge in [-0.2, -0.15) is 0 Å². The molecule has 1 saturated heterocycles. The van der Waals surface area contributed by atoms with E-state index in [4.69, 9.17) is 9.26 Å². The summed E-state index contributed by atoms with van der Waals surface area (Å²) in [6, 6.07) is 0. The lowest BCUT2D eigenvalue weighted by Gasteiger charge is -2.22. The Morgan fingerprint density at radius 2 is 2.57 bits per heavy atom. The highest BCUT2D eigenvalue weighted by atomic mass is 16.5. The minimum absolute atomic E-state index is 0.670. The molecule has 1 unspecified atom stereocenters. The van der Waals surface area contributed by atoms with Crippen LogP contribution in [-0.4, -0.2) is 24.9 Å². The molecule has 0 saturated carbocycles. The number of hydrogen-bond acceptors (Lipinski definition) is 4. The van der Waals surface area contributed by atoms with Gasteiger partial charge in [0, 0.05) is 25.3 Å². The van der Waals surface area contributed by atoms with E-state index in [9.17, 15) is 0 Å². The van der Waals surface area contributed by atoms with Crippen molar-refractivity contribution in [2.24, 2.45) is 5.92 Å². The van der Waals surface area contributed by atoms with Gasteiger partial charge in [0.2, 0.25) is 0 Å². The maximum atomic E-state index is 5.40. The quantitative estimate of drug-likeness (QED) is 0.785. The molecular weight excluding hydrogens is 180 g/mol. The van der Waals surface area contributed by atoms with Crippen LogP contribution in [0.3, 0.4) is 0 Å². The summed E-state index contributed by atoms with van der Waals surface area (Å²) in [6.07, 6.45) is 5.88. The highest BCUT2D eigenvalue weighted by Gasteiger charge is 2.12. The van der Waals surface area contributed by atoms with Crippen molar-refractivity contribution in [3.05, 3.63) is 18.0 Å². The first-order valence-corrected chi connectivity index (χ1v) is 5.12. The summed E-state index contributed by atoms with van der Waals surface area (Å²) in [5, 5.41) is 7.03. The molecule has 0 radical (unpaired) electrons. The molecule has 4 heteroatoms. The maximum Gasteiger partial charge on any atom is 0.128 e. The predicted octanol–water partition coefficient (Wildman–Crippen LogP) is 1.19. The lowest BCUT2D eigenvalue weighted by Crippen LogP contribution is -2.28. The van der Waals surface area contributed by atoms with Gasteiger partial charge in [0.25, 0.3) is 0 Å². The first-order chi connectivity index (χ1) is 6.95. The monoisotopic (exact) mass is 196 g/mol. The number of aromatic nitrogens is 1. The smallest absolute Gasteiger partial charge is 0.128 e. The van der Waals surface area contributed by atoms with E-state index in [1.54, 1.807) is 12.5 Å². The highest BCUT2D eigenvalue weighted by Crippen LogP contribution is 2.12. The third-order valence-electron chi connectivity index (χ3n) is 2.50. The summed E-state index contributed by atoms with van der Waals surface area (Å²) >= 11 is 0. The zero-order valence-corrected chi connectivity index (χ0v) is 8.24. The van der Waals surface area contributed by atoms with E-state index in [0.717, 1.165) is 31.9 Å². The van der Waals surface area contributed by atoms with Crippen LogP contribution >= 0.6 is 0 Å². The Hall–Kier alpha value is -0.870. The van der Waals surface area contributed by atoms with Crippen molar-refractivity contribution in [2.75, 3.05) is 19.8 Å². The standard InChI is InChI=1S/C10H16N2O2/c1-2-9(7-13-3-1)4-11-5-10-6-12-14-8-10/h6,8-9,11H,1-5,7H2.